The number of hydrogen-bond acceptors (Lipinski definition) is 4. The Morgan fingerprint density at radius 1 is 1.41 bits per heavy atom. The topological polar surface area (TPSA) is 92.9 Å². The fraction of sp³-hybridized carbons (Fsp3) is 0.214. The number of rotatable bonds is 5. The Hall–Kier alpha value is -2.54. The van der Waals surface area contributed by atoms with E-state index in [0.717, 1.165) is 10.9 Å². The van der Waals surface area contributed by atoms with Crippen molar-refractivity contribution in [3.05, 3.63) is 51.9 Å². The minimum Gasteiger partial charge on any atom is -0.349 e. The lowest BCUT2D eigenvalue weighted by Gasteiger charge is -2.06. The van der Waals surface area contributed by atoms with E-state index in [2.05, 4.69) is 20.0 Å². The number of benzene rings is 1. The van der Waals surface area contributed by atoms with Crippen molar-refractivity contribution in [3.8, 4) is 0 Å². The summed E-state index contributed by atoms with van der Waals surface area (Å²) in [7, 11) is 0. The molecular weight excluding hydrogens is 308 g/mol. The lowest BCUT2D eigenvalue weighted by molar-refractivity contribution is -0.121. The third-order valence-electron chi connectivity index (χ3n) is 3.25. The lowest BCUT2D eigenvalue weighted by atomic mass is 10.2. The molecule has 7 nitrogen and oxygen atoms in total. The molecule has 0 spiro atoms. The first-order valence-electron chi connectivity index (χ1n) is 6.68. The van der Waals surface area contributed by atoms with Gasteiger partial charge < -0.3 is 9.88 Å². The van der Waals surface area contributed by atoms with Gasteiger partial charge in [-0.1, -0.05) is 16.8 Å². The highest BCUT2D eigenvalue weighted by atomic mass is 35.5. The molecule has 0 aliphatic rings. The molecular formula is C14H13ClN4O3. The van der Waals surface area contributed by atoms with Crippen LogP contribution in [0.15, 0.2) is 39.8 Å². The monoisotopic (exact) mass is 320 g/mol. The normalized spacial score (nSPS) is 11.0. The summed E-state index contributed by atoms with van der Waals surface area (Å²) >= 11 is 5.94. The summed E-state index contributed by atoms with van der Waals surface area (Å²) in [6, 6.07) is 7.59. The second-order valence-electron chi connectivity index (χ2n) is 4.78. The molecule has 1 amide bonds. The third-order valence-corrected chi connectivity index (χ3v) is 3.49. The molecule has 3 aromatic rings. The van der Waals surface area contributed by atoms with Crippen LogP contribution in [-0.2, 0) is 17.9 Å². The molecule has 0 aliphatic carbocycles. The standard InChI is InChI=1S/C14H13ClN4O3/c15-10-1-2-11-9(7-10)3-5-19(11)6-4-13(20)16-8-12-17-14(21)22-18-12/h1-3,5,7H,4,6,8H2,(H,16,20)(H,17,18,21). The number of aromatic amines is 1. The fourth-order valence-corrected chi connectivity index (χ4v) is 2.38. The van der Waals surface area contributed by atoms with Gasteiger partial charge in [0.05, 0.1) is 6.54 Å². The van der Waals surface area contributed by atoms with Crippen molar-refractivity contribution < 1.29 is 9.32 Å². The van der Waals surface area contributed by atoms with Crippen LogP contribution in [0.4, 0.5) is 0 Å². The van der Waals surface area contributed by atoms with Gasteiger partial charge in [0, 0.05) is 35.1 Å². The highest BCUT2D eigenvalue weighted by Crippen LogP contribution is 2.20. The van der Waals surface area contributed by atoms with Crippen LogP contribution in [0.3, 0.4) is 0 Å². The number of fused-ring (bicyclic) bond motifs is 1. The van der Waals surface area contributed by atoms with Crippen molar-refractivity contribution >= 4 is 28.4 Å². The van der Waals surface area contributed by atoms with Gasteiger partial charge in [-0.25, -0.2) is 4.79 Å². The van der Waals surface area contributed by atoms with Gasteiger partial charge in [0.15, 0.2) is 5.82 Å². The van der Waals surface area contributed by atoms with Crippen LogP contribution in [0.2, 0.25) is 5.02 Å². The van der Waals surface area contributed by atoms with Crippen LogP contribution in [0.5, 0.6) is 0 Å². The Morgan fingerprint density at radius 2 is 2.27 bits per heavy atom. The maximum absolute atomic E-state index is 11.8. The molecule has 0 radical (unpaired) electrons. The van der Waals surface area contributed by atoms with E-state index in [1.165, 1.54) is 0 Å². The van der Waals surface area contributed by atoms with E-state index in [4.69, 9.17) is 11.6 Å². The van der Waals surface area contributed by atoms with E-state index in [1.807, 2.05) is 35.0 Å². The van der Waals surface area contributed by atoms with Gasteiger partial charge >= 0.3 is 5.76 Å². The SMILES string of the molecule is O=C(CCn1ccc2cc(Cl)ccc21)NCc1noc(=O)[nH]1. The van der Waals surface area contributed by atoms with E-state index in [9.17, 15) is 9.59 Å². The number of amides is 1. The van der Waals surface area contributed by atoms with Gasteiger partial charge in [-0.2, -0.15) is 0 Å². The Balaban J connectivity index is 1.57. The number of nitrogens with zero attached hydrogens (tertiary/aromatic N) is 2. The number of carbonyl (C=O) groups excluding carboxylic acids is 1. The van der Waals surface area contributed by atoms with E-state index >= 15 is 0 Å². The lowest BCUT2D eigenvalue weighted by Crippen LogP contribution is -2.24. The van der Waals surface area contributed by atoms with Crippen LogP contribution in [-0.4, -0.2) is 20.6 Å². The number of aromatic nitrogens is 3. The first-order chi connectivity index (χ1) is 10.6. The maximum atomic E-state index is 11.8. The van der Waals surface area contributed by atoms with E-state index in [0.29, 0.717) is 23.8 Å². The molecule has 1 aromatic carbocycles. The molecule has 0 bridgehead atoms. The highest BCUT2D eigenvalue weighted by molar-refractivity contribution is 6.31. The minimum absolute atomic E-state index is 0.132. The molecule has 0 aliphatic heterocycles. The number of aryl methyl sites for hydroxylation is 1. The Morgan fingerprint density at radius 3 is 3.05 bits per heavy atom. The van der Waals surface area contributed by atoms with Crippen molar-refractivity contribution in [3.63, 3.8) is 0 Å². The van der Waals surface area contributed by atoms with E-state index < -0.39 is 5.76 Å². The summed E-state index contributed by atoms with van der Waals surface area (Å²) in [6.45, 7) is 0.679. The van der Waals surface area contributed by atoms with Gasteiger partial charge in [-0.05, 0) is 24.3 Å². The number of H-pyrrole nitrogens is 1. The second-order valence-corrected chi connectivity index (χ2v) is 5.22. The zero-order chi connectivity index (χ0) is 15.5. The Bertz CT molecular complexity index is 864. The molecule has 0 atom stereocenters. The first-order valence-corrected chi connectivity index (χ1v) is 7.05. The zero-order valence-electron chi connectivity index (χ0n) is 11.5. The Kier molecular flexibility index (Phi) is 3.97. The molecule has 0 fully saturated rings. The number of nitrogens with one attached hydrogen (secondary N) is 2. The summed E-state index contributed by atoms with van der Waals surface area (Å²) in [5.41, 5.74) is 1.03. The van der Waals surface area contributed by atoms with Crippen molar-refractivity contribution in [2.75, 3.05) is 0 Å². The Labute approximate surface area is 129 Å². The highest BCUT2D eigenvalue weighted by Gasteiger charge is 2.07. The molecule has 3 rings (SSSR count). The predicted molar refractivity (Wildman–Crippen MR) is 80.5 cm³/mol. The molecule has 2 N–H and O–H groups in total. The average Bonchev–Trinajstić information content (AvgIpc) is 3.08. The van der Waals surface area contributed by atoms with Crippen molar-refractivity contribution in [2.45, 2.75) is 19.5 Å². The molecule has 0 unspecified atom stereocenters. The van der Waals surface area contributed by atoms with Gasteiger partial charge in [0.25, 0.3) is 0 Å². The van der Waals surface area contributed by atoms with Crippen LogP contribution >= 0.6 is 11.6 Å². The van der Waals surface area contributed by atoms with Crippen molar-refractivity contribution in [2.24, 2.45) is 0 Å². The molecule has 114 valence electrons. The smallest absolute Gasteiger partial charge is 0.349 e. The molecule has 0 saturated heterocycles. The van der Waals surface area contributed by atoms with Crippen molar-refractivity contribution in [1.29, 1.82) is 0 Å². The largest absolute Gasteiger partial charge is 0.438 e. The summed E-state index contributed by atoms with van der Waals surface area (Å²) < 4.78 is 6.34. The molecule has 22 heavy (non-hydrogen) atoms. The summed E-state index contributed by atoms with van der Waals surface area (Å²) in [5.74, 6) is -0.485. The van der Waals surface area contributed by atoms with Crippen LogP contribution in [0.1, 0.15) is 12.2 Å². The fourth-order valence-electron chi connectivity index (χ4n) is 2.20. The number of halogens is 1. The van der Waals surface area contributed by atoms with Gasteiger partial charge in [0.1, 0.15) is 0 Å². The summed E-state index contributed by atoms with van der Waals surface area (Å²) in [4.78, 5) is 24.9. The molecule has 0 saturated carbocycles. The molecule has 2 heterocycles. The number of hydrogen-bond donors (Lipinski definition) is 2. The predicted octanol–water partition coefficient (Wildman–Crippen LogP) is 1.68. The molecule has 8 heteroatoms. The number of carbonyl (C=O) groups is 1. The minimum atomic E-state index is -0.637. The molecule has 2 aromatic heterocycles. The van der Waals surface area contributed by atoms with Gasteiger partial charge in [0.2, 0.25) is 5.91 Å². The third kappa shape index (κ3) is 3.20. The average molecular weight is 321 g/mol. The van der Waals surface area contributed by atoms with E-state index in [-0.39, 0.29) is 12.5 Å². The van der Waals surface area contributed by atoms with Gasteiger partial charge in [-0.15, -0.1) is 0 Å². The zero-order valence-corrected chi connectivity index (χ0v) is 12.3. The summed E-state index contributed by atoms with van der Waals surface area (Å²) in [6.07, 6.45) is 2.23. The second kappa shape index (κ2) is 6.07. The van der Waals surface area contributed by atoms with Crippen LogP contribution in [0, 0.1) is 0 Å². The quantitative estimate of drug-likeness (QED) is 0.748. The van der Waals surface area contributed by atoms with Crippen LogP contribution < -0.4 is 11.1 Å². The van der Waals surface area contributed by atoms with Crippen LogP contribution in [0.25, 0.3) is 10.9 Å². The van der Waals surface area contributed by atoms with E-state index in [1.54, 1.807) is 0 Å². The first kappa shape index (κ1) is 14.4. The summed E-state index contributed by atoms with van der Waals surface area (Å²) in [5, 5.41) is 7.86. The van der Waals surface area contributed by atoms with Gasteiger partial charge in [-0.3, -0.25) is 14.3 Å². The maximum Gasteiger partial charge on any atom is 0.438 e. The van der Waals surface area contributed by atoms with Crippen molar-refractivity contribution in [1.82, 2.24) is 20.0 Å².